The number of ketones is 1. The van der Waals surface area contributed by atoms with Crippen molar-refractivity contribution in [2.24, 2.45) is 0 Å². The Morgan fingerprint density at radius 2 is 2.36 bits per heavy atom. The highest BCUT2D eigenvalue weighted by Gasteiger charge is 2.08. The monoisotopic (exact) mass is 208 g/mol. The van der Waals surface area contributed by atoms with Crippen molar-refractivity contribution in [3.05, 3.63) is 28.8 Å². The van der Waals surface area contributed by atoms with E-state index in [1.54, 1.807) is 18.2 Å². The van der Waals surface area contributed by atoms with Gasteiger partial charge in [-0.2, -0.15) is 0 Å². The minimum atomic E-state index is -0.0977. The van der Waals surface area contributed by atoms with Gasteiger partial charge < -0.3 is 4.74 Å². The SMILES string of the molecule is C#CCOc1ccc(Cl)cc1C(C)=O. The van der Waals surface area contributed by atoms with Crippen molar-refractivity contribution in [1.82, 2.24) is 0 Å². The number of rotatable bonds is 3. The molecule has 0 aromatic heterocycles. The van der Waals surface area contributed by atoms with Crippen LogP contribution in [-0.2, 0) is 0 Å². The average molecular weight is 209 g/mol. The molecule has 2 nitrogen and oxygen atoms in total. The highest BCUT2D eigenvalue weighted by atomic mass is 35.5. The molecule has 0 amide bonds. The Morgan fingerprint density at radius 1 is 1.64 bits per heavy atom. The van der Waals surface area contributed by atoms with Gasteiger partial charge in [0.15, 0.2) is 5.78 Å². The number of carbonyl (C=O) groups is 1. The van der Waals surface area contributed by atoms with Gasteiger partial charge >= 0.3 is 0 Å². The topological polar surface area (TPSA) is 26.3 Å². The van der Waals surface area contributed by atoms with Gasteiger partial charge in [0, 0.05) is 5.02 Å². The number of terminal acetylenes is 1. The van der Waals surface area contributed by atoms with Gasteiger partial charge in [-0.3, -0.25) is 4.79 Å². The third-order valence-corrected chi connectivity index (χ3v) is 1.87. The first-order valence-corrected chi connectivity index (χ1v) is 4.39. The van der Waals surface area contributed by atoms with E-state index in [4.69, 9.17) is 22.8 Å². The zero-order valence-corrected chi connectivity index (χ0v) is 8.47. The first-order valence-electron chi connectivity index (χ1n) is 4.02. The number of hydrogen-bond donors (Lipinski definition) is 0. The second kappa shape index (κ2) is 4.69. The van der Waals surface area contributed by atoms with Crippen LogP contribution in [0, 0.1) is 12.3 Å². The van der Waals surface area contributed by atoms with Crippen LogP contribution < -0.4 is 4.74 Å². The van der Waals surface area contributed by atoms with Gasteiger partial charge in [-0.15, -0.1) is 6.42 Å². The smallest absolute Gasteiger partial charge is 0.163 e. The Bertz CT molecular complexity index is 391. The molecule has 0 aliphatic rings. The van der Waals surface area contributed by atoms with Gasteiger partial charge in [0.05, 0.1) is 5.56 Å². The molecule has 0 bridgehead atoms. The summed E-state index contributed by atoms with van der Waals surface area (Å²) in [4.78, 5) is 11.2. The molecule has 0 aliphatic carbocycles. The summed E-state index contributed by atoms with van der Waals surface area (Å²) < 4.78 is 5.19. The van der Waals surface area contributed by atoms with Gasteiger partial charge in [-0.05, 0) is 25.1 Å². The normalized spacial score (nSPS) is 9.21. The van der Waals surface area contributed by atoms with Gasteiger partial charge in [-0.25, -0.2) is 0 Å². The van der Waals surface area contributed by atoms with Gasteiger partial charge in [0.1, 0.15) is 12.4 Å². The van der Waals surface area contributed by atoms with Crippen molar-refractivity contribution in [3.8, 4) is 18.1 Å². The maximum atomic E-state index is 11.2. The third kappa shape index (κ3) is 2.51. The summed E-state index contributed by atoms with van der Waals surface area (Å²) in [5.74, 6) is 2.70. The zero-order chi connectivity index (χ0) is 10.6. The molecule has 1 aromatic rings. The van der Waals surface area contributed by atoms with Crippen molar-refractivity contribution in [3.63, 3.8) is 0 Å². The highest BCUT2D eigenvalue weighted by molar-refractivity contribution is 6.31. The quantitative estimate of drug-likeness (QED) is 0.564. The molecule has 0 spiro atoms. The molecule has 0 radical (unpaired) electrons. The van der Waals surface area contributed by atoms with Crippen molar-refractivity contribution in [2.75, 3.05) is 6.61 Å². The Labute approximate surface area is 87.8 Å². The van der Waals surface area contributed by atoms with E-state index in [0.29, 0.717) is 16.3 Å². The number of benzene rings is 1. The van der Waals surface area contributed by atoms with E-state index in [0.717, 1.165) is 0 Å². The summed E-state index contributed by atoms with van der Waals surface area (Å²) in [6.45, 7) is 1.59. The van der Waals surface area contributed by atoms with Gasteiger partial charge in [0.2, 0.25) is 0 Å². The van der Waals surface area contributed by atoms with Crippen LogP contribution in [-0.4, -0.2) is 12.4 Å². The third-order valence-electron chi connectivity index (χ3n) is 1.63. The number of halogens is 1. The van der Waals surface area contributed by atoms with Crippen molar-refractivity contribution >= 4 is 17.4 Å². The standard InChI is InChI=1S/C11H9ClO2/c1-3-6-14-11-5-4-9(12)7-10(11)8(2)13/h1,4-5,7H,6H2,2H3. The van der Waals surface area contributed by atoms with Gasteiger partial charge in [-0.1, -0.05) is 17.5 Å². The molecule has 0 aliphatic heterocycles. The molecule has 0 fully saturated rings. The lowest BCUT2D eigenvalue weighted by Crippen LogP contribution is -2.01. The fourth-order valence-electron chi connectivity index (χ4n) is 1.02. The molecule has 72 valence electrons. The molecule has 0 saturated carbocycles. The van der Waals surface area contributed by atoms with E-state index in [1.807, 2.05) is 0 Å². The van der Waals surface area contributed by atoms with E-state index >= 15 is 0 Å². The molecule has 1 rings (SSSR count). The van der Waals surface area contributed by atoms with Gasteiger partial charge in [0.25, 0.3) is 0 Å². The van der Waals surface area contributed by atoms with E-state index in [2.05, 4.69) is 5.92 Å². The fourth-order valence-corrected chi connectivity index (χ4v) is 1.19. The van der Waals surface area contributed by atoms with E-state index in [9.17, 15) is 4.79 Å². The molecule has 0 atom stereocenters. The van der Waals surface area contributed by atoms with Crippen molar-refractivity contribution in [2.45, 2.75) is 6.92 Å². The van der Waals surface area contributed by atoms with Crippen molar-refractivity contribution < 1.29 is 9.53 Å². The molecular formula is C11H9ClO2. The fraction of sp³-hybridized carbons (Fsp3) is 0.182. The molecule has 0 heterocycles. The number of hydrogen-bond acceptors (Lipinski definition) is 2. The van der Waals surface area contributed by atoms with Crippen molar-refractivity contribution in [1.29, 1.82) is 0 Å². The maximum Gasteiger partial charge on any atom is 0.163 e. The second-order valence-electron chi connectivity index (χ2n) is 2.69. The lowest BCUT2D eigenvalue weighted by molar-refractivity contribution is 0.101. The second-order valence-corrected chi connectivity index (χ2v) is 3.13. The lowest BCUT2D eigenvalue weighted by Gasteiger charge is -2.06. The van der Waals surface area contributed by atoms with Crippen LogP contribution >= 0.6 is 11.6 Å². The molecule has 0 unspecified atom stereocenters. The molecule has 0 N–H and O–H groups in total. The van der Waals surface area contributed by atoms with Crippen LogP contribution in [0.4, 0.5) is 0 Å². The number of carbonyl (C=O) groups excluding carboxylic acids is 1. The average Bonchev–Trinajstić information content (AvgIpc) is 2.15. The minimum absolute atomic E-state index is 0.0977. The molecule has 0 saturated heterocycles. The number of ether oxygens (including phenoxy) is 1. The first kappa shape index (κ1) is 10.6. The van der Waals surface area contributed by atoms with Crippen LogP contribution in [0.25, 0.3) is 0 Å². The molecule has 3 heteroatoms. The largest absolute Gasteiger partial charge is 0.480 e. The summed E-state index contributed by atoms with van der Waals surface area (Å²) in [6, 6.07) is 4.85. The zero-order valence-electron chi connectivity index (χ0n) is 7.71. The summed E-state index contributed by atoms with van der Waals surface area (Å²) >= 11 is 5.75. The predicted octanol–water partition coefficient (Wildman–Crippen LogP) is 2.55. The Morgan fingerprint density at radius 3 is 2.93 bits per heavy atom. The van der Waals surface area contributed by atoms with Crippen LogP contribution in [0.2, 0.25) is 5.02 Å². The predicted molar refractivity (Wildman–Crippen MR) is 55.8 cm³/mol. The highest BCUT2D eigenvalue weighted by Crippen LogP contribution is 2.23. The van der Waals surface area contributed by atoms with E-state index in [1.165, 1.54) is 6.92 Å². The Hall–Kier alpha value is -1.46. The van der Waals surface area contributed by atoms with E-state index in [-0.39, 0.29) is 12.4 Å². The number of Topliss-reactive ketones (excluding diaryl/α,β-unsaturated/α-hetero) is 1. The van der Waals surface area contributed by atoms with Crippen LogP contribution in [0.5, 0.6) is 5.75 Å². The molecule has 14 heavy (non-hydrogen) atoms. The van der Waals surface area contributed by atoms with Crippen LogP contribution in [0.3, 0.4) is 0 Å². The first-order chi connectivity index (χ1) is 6.65. The summed E-state index contributed by atoms with van der Waals surface area (Å²) in [5.41, 5.74) is 0.452. The Balaban J connectivity index is 3.03. The summed E-state index contributed by atoms with van der Waals surface area (Å²) in [5, 5.41) is 0.503. The maximum absolute atomic E-state index is 11.2. The van der Waals surface area contributed by atoms with E-state index < -0.39 is 0 Å². The Kier molecular flexibility index (Phi) is 3.55. The summed E-state index contributed by atoms with van der Waals surface area (Å²) in [6.07, 6.45) is 5.05. The van der Waals surface area contributed by atoms with Crippen LogP contribution in [0.15, 0.2) is 18.2 Å². The molecular weight excluding hydrogens is 200 g/mol. The van der Waals surface area contributed by atoms with Crippen LogP contribution in [0.1, 0.15) is 17.3 Å². The lowest BCUT2D eigenvalue weighted by atomic mass is 10.1. The molecule has 1 aromatic carbocycles. The minimum Gasteiger partial charge on any atom is -0.480 e. The summed E-state index contributed by atoms with van der Waals surface area (Å²) in [7, 11) is 0.